The van der Waals surface area contributed by atoms with E-state index in [0.717, 1.165) is 4.47 Å². The van der Waals surface area contributed by atoms with Crippen LogP contribution in [0.3, 0.4) is 0 Å². The minimum Gasteiger partial charge on any atom is -0.491 e. The summed E-state index contributed by atoms with van der Waals surface area (Å²) in [4.78, 5) is 0. The van der Waals surface area contributed by atoms with E-state index in [1.165, 1.54) is 0 Å². The molecule has 0 amide bonds. The fourth-order valence-electron chi connectivity index (χ4n) is 1.64. The summed E-state index contributed by atoms with van der Waals surface area (Å²) in [5.41, 5.74) is 0.687. The molecule has 21 heavy (non-hydrogen) atoms. The molecule has 2 aromatic carbocycles. The molecule has 0 saturated carbocycles. The SMILES string of the molecule is OC(CNc1cc(Cl)ccc1Cl)COc1ccc(Br)cc1. The Morgan fingerprint density at radius 2 is 1.86 bits per heavy atom. The van der Waals surface area contributed by atoms with Gasteiger partial charge < -0.3 is 15.2 Å². The first-order chi connectivity index (χ1) is 10.0. The highest BCUT2D eigenvalue weighted by Crippen LogP contribution is 2.25. The molecule has 2 rings (SSSR count). The van der Waals surface area contributed by atoms with Crippen molar-refractivity contribution in [2.24, 2.45) is 0 Å². The average Bonchev–Trinajstić information content (AvgIpc) is 2.47. The molecule has 0 aromatic heterocycles. The van der Waals surface area contributed by atoms with Gasteiger partial charge in [-0.25, -0.2) is 0 Å². The van der Waals surface area contributed by atoms with Crippen LogP contribution in [0.4, 0.5) is 5.69 Å². The second kappa shape index (κ2) is 7.90. The highest BCUT2D eigenvalue weighted by atomic mass is 79.9. The molecule has 0 spiro atoms. The van der Waals surface area contributed by atoms with E-state index in [1.807, 2.05) is 24.3 Å². The lowest BCUT2D eigenvalue weighted by Crippen LogP contribution is -2.26. The Hall–Kier alpha value is -0.940. The number of nitrogens with one attached hydrogen (secondary N) is 1. The quantitative estimate of drug-likeness (QED) is 0.756. The standard InChI is InChI=1S/C15H14BrCl2NO2/c16-10-1-4-13(5-2-10)21-9-12(20)8-19-15-7-11(17)3-6-14(15)18/h1-7,12,19-20H,8-9H2. The van der Waals surface area contributed by atoms with Crippen LogP contribution in [-0.4, -0.2) is 24.4 Å². The normalized spacial score (nSPS) is 12.0. The van der Waals surface area contributed by atoms with Crippen molar-refractivity contribution in [3.8, 4) is 5.75 Å². The maximum absolute atomic E-state index is 9.91. The highest BCUT2D eigenvalue weighted by Gasteiger charge is 2.07. The van der Waals surface area contributed by atoms with Gasteiger partial charge in [-0.3, -0.25) is 0 Å². The number of hydrogen-bond donors (Lipinski definition) is 2. The molecule has 1 atom stereocenters. The van der Waals surface area contributed by atoms with Crippen molar-refractivity contribution in [1.82, 2.24) is 0 Å². The van der Waals surface area contributed by atoms with Gasteiger partial charge in [0, 0.05) is 16.0 Å². The molecule has 2 aromatic rings. The van der Waals surface area contributed by atoms with Crippen LogP contribution in [0.15, 0.2) is 46.9 Å². The van der Waals surface area contributed by atoms with E-state index in [1.54, 1.807) is 18.2 Å². The van der Waals surface area contributed by atoms with Gasteiger partial charge in [-0.05, 0) is 42.5 Å². The minimum atomic E-state index is -0.663. The molecule has 3 nitrogen and oxygen atoms in total. The zero-order valence-corrected chi connectivity index (χ0v) is 14.1. The summed E-state index contributed by atoms with van der Waals surface area (Å²) in [6.07, 6.45) is -0.663. The summed E-state index contributed by atoms with van der Waals surface area (Å²) < 4.78 is 6.47. The number of aliphatic hydroxyl groups is 1. The number of aliphatic hydroxyl groups excluding tert-OH is 1. The molecule has 1 unspecified atom stereocenters. The van der Waals surface area contributed by atoms with Crippen LogP contribution in [0.5, 0.6) is 5.75 Å². The molecular formula is C15H14BrCl2NO2. The third-order valence-electron chi connectivity index (χ3n) is 2.71. The van der Waals surface area contributed by atoms with Gasteiger partial charge in [-0.2, -0.15) is 0 Å². The first-order valence-electron chi connectivity index (χ1n) is 6.30. The predicted octanol–water partition coefficient (Wildman–Crippen LogP) is 4.61. The second-order valence-electron chi connectivity index (χ2n) is 4.42. The van der Waals surface area contributed by atoms with Crippen molar-refractivity contribution in [2.45, 2.75) is 6.10 Å². The summed E-state index contributed by atoms with van der Waals surface area (Å²) in [7, 11) is 0. The Balaban J connectivity index is 1.80. The predicted molar refractivity (Wildman–Crippen MR) is 90.6 cm³/mol. The van der Waals surface area contributed by atoms with Crippen LogP contribution in [0.1, 0.15) is 0 Å². The lowest BCUT2D eigenvalue weighted by molar-refractivity contribution is 0.117. The lowest BCUT2D eigenvalue weighted by atomic mass is 10.3. The third-order valence-corrected chi connectivity index (χ3v) is 3.81. The average molecular weight is 391 g/mol. The fraction of sp³-hybridized carbons (Fsp3) is 0.200. The molecule has 0 aliphatic rings. The smallest absolute Gasteiger partial charge is 0.119 e. The van der Waals surface area contributed by atoms with Gasteiger partial charge in [0.05, 0.1) is 10.7 Å². The molecule has 0 radical (unpaired) electrons. The first-order valence-corrected chi connectivity index (χ1v) is 7.85. The van der Waals surface area contributed by atoms with Crippen LogP contribution in [0, 0.1) is 0 Å². The zero-order chi connectivity index (χ0) is 15.2. The first kappa shape index (κ1) is 16.4. The van der Waals surface area contributed by atoms with Crippen LogP contribution in [0.2, 0.25) is 10.0 Å². The molecule has 0 aliphatic heterocycles. The summed E-state index contributed by atoms with van der Waals surface area (Å²) >= 11 is 15.3. The van der Waals surface area contributed by atoms with Crippen LogP contribution in [-0.2, 0) is 0 Å². The maximum atomic E-state index is 9.91. The zero-order valence-electron chi connectivity index (χ0n) is 11.0. The Kier molecular flexibility index (Phi) is 6.18. The van der Waals surface area contributed by atoms with E-state index < -0.39 is 6.10 Å². The van der Waals surface area contributed by atoms with E-state index in [-0.39, 0.29) is 6.61 Å². The van der Waals surface area contributed by atoms with Crippen LogP contribution < -0.4 is 10.1 Å². The van der Waals surface area contributed by atoms with Gasteiger partial charge >= 0.3 is 0 Å². The summed E-state index contributed by atoms with van der Waals surface area (Å²) in [5, 5.41) is 14.1. The van der Waals surface area contributed by atoms with Gasteiger partial charge in [-0.15, -0.1) is 0 Å². The molecule has 0 bridgehead atoms. The lowest BCUT2D eigenvalue weighted by Gasteiger charge is -2.15. The Labute approximate surface area is 142 Å². The number of ether oxygens (including phenoxy) is 1. The molecule has 0 saturated heterocycles. The van der Waals surface area contributed by atoms with Gasteiger partial charge in [0.1, 0.15) is 18.5 Å². The number of anilines is 1. The topological polar surface area (TPSA) is 41.5 Å². The van der Waals surface area contributed by atoms with Gasteiger partial charge in [0.2, 0.25) is 0 Å². The van der Waals surface area contributed by atoms with E-state index in [2.05, 4.69) is 21.2 Å². The molecule has 2 N–H and O–H groups in total. The summed E-state index contributed by atoms with van der Waals surface area (Å²) in [5.74, 6) is 0.707. The molecule has 0 heterocycles. The largest absolute Gasteiger partial charge is 0.491 e. The van der Waals surface area contributed by atoms with Crippen LogP contribution >= 0.6 is 39.1 Å². The number of hydrogen-bond acceptors (Lipinski definition) is 3. The van der Waals surface area contributed by atoms with Gasteiger partial charge in [0.25, 0.3) is 0 Å². The van der Waals surface area contributed by atoms with Gasteiger partial charge in [0.15, 0.2) is 0 Å². The molecule has 0 aliphatic carbocycles. The maximum Gasteiger partial charge on any atom is 0.119 e. The summed E-state index contributed by atoms with van der Waals surface area (Å²) in [6, 6.07) is 12.6. The van der Waals surface area contributed by atoms with Crippen molar-refractivity contribution in [1.29, 1.82) is 0 Å². The monoisotopic (exact) mass is 389 g/mol. The fourth-order valence-corrected chi connectivity index (χ4v) is 2.26. The number of benzene rings is 2. The van der Waals surface area contributed by atoms with Crippen molar-refractivity contribution < 1.29 is 9.84 Å². The Morgan fingerprint density at radius 3 is 2.57 bits per heavy atom. The van der Waals surface area contributed by atoms with Crippen molar-refractivity contribution >= 4 is 44.8 Å². The second-order valence-corrected chi connectivity index (χ2v) is 6.18. The molecule has 0 fully saturated rings. The minimum absolute atomic E-state index is 0.187. The Bertz CT molecular complexity index is 593. The third kappa shape index (κ3) is 5.40. The molecular weight excluding hydrogens is 377 g/mol. The van der Waals surface area contributed by atoms with Crippen molar-refractivity contribution in [3.05, 3.63) is 57.0 Å². The van der Waals surface area contributed by atoms with Crippen molar-refractivity contribution in [3.63, 3.8) is 0 Å². The van der Waals surface area contributed by atoms with Gasteiger partial charge in [-0.1, -0.05) is 39.1 Å². The van der Waals surface area contributed by atoms with E-state index >= 15 is 0 Å². The number of halogens is 3. The highest BCUT2D eigenvalue weighted by molar-refractivity contribution is 9.10. The summed E-state index contributed by atoms with van der Waals surface area (Å²) in [6.45, 7) is 0.503. The Morgan fingerprint density at radius 1 is 1.14 bits per heavy atom. The van der Waals surface area contributed by atoms with Crippen molar-refractivity contribution in [2.75, 3.05) is 18.5 Å². The van der Waals surface area contributed by atoms with E-state index in [9.17, 15) is 5.11 Å². The van der Waals surface area contributed by atoms with Crippen LogP contribution in [0.25, 0.3) is 0 Å². The van der Waals surface area contributed by atoms with E-state index in [4.69, 9.17) is 27.9 Å². The van der Waals surface area contributed by atoms with E-state index in [0.29, 0.717) is 28.0 Å². The number of rotatable bonds is 6. The molecule has 6 heteroatoms. The molecule has 112 valence electrons.